The largest absolute Gasteiger partial charge is 0.478 e. The molecule has 2 saturated heterocycles. The van der Waals surface area contributed by atoms with E-state index in [1.165, 1.54) is 29.5 Å². The molecule has 0 aliphatic carbocycles. The molecular weight excluding hydrogens is 599 g/mol. The summed E-state index contributed by atoms with van der Waals surface area (Å²) >= 11 is 1.40. The van der Waals surface area contributed by atoms with Gasteiger partial charge in [0, 0.05) is 49.1 Å². The Hall–Kier alpha value is -4.62. The molecule has 45 heavy (non-hydrogen) atoms. The predicted octanol–water partition coefficient (Wildman–Crippen LogP) is 4.21. The van der Waals surface area contributed by atoms with Gasteiger partial charge in [-0.15, -0.1) is 11.3 Å². The molecule has 4 heterocycles. The summed E-state index contributed by atoms with van der Waals surface area (Å²) in [7, 11) is 0. The average molecular weight is 633 g/mol. The summed E-state index contributed by atoms with van der Waals surface area (Å²) < 4.78 is 20.3. The van der Waals surface area contributed by atoms with Gasteiger partial charge in [-0.2, -0.15) is 0 Å². The minimum atomic E-state index is -1.03. The summed E-state index contributed by atoms with van der Waals surface area (Å²) in [5, 5.41) is 15.1. The molecule has 2 N–H and O–H groups in total. The number of ether oxygens (including phenoxy) is 1. The van der Waals surface area contributed by atoms with Crippen LogP contribution < -0.4 is 10.2 Å². The van der Waals surface area contributed by atoms with Crippen LogP contribution in [0.25, 0.3) is 0 Å². The molecule has 1 aromatic heterocycles. The van der Waals surface area contributed by atoms with Crippen molar-refractivity contribution >= 4 is 40.8 Å². The molecule has 0 spiro atoms. The molecule has 3 aliphatic rings. The number of fused-ring (bicyclic) bond motifs is 1. The lowest BCUT2D eigenvalue weighted by atomic mass is 9.91. The number of aromatic carboxylic acids is 1. The number of carbonyl (C=O) groups excluding carboxylic acids is 2. The van der Waals surface area contributed by atoms with E-state index in [9.17, 15) is 23.9 Å². The number of hydrogen-bond donors (Lipinski definition) is 2. The van der Waals surface area contributed by atoms with Gasteiger partial charge in [0.05, 0.1) is 29.8 Å². The Kier molecular flexibility index (Phi) is 8.14. The summed E-state index contributed by atoms with van der Waals surface area (Å²) in [6.07, 6.45) is 1.68. The number of piperazine rings is 1. The number of carboxylic acids is 1. The standard InChI is InChI=1S/C32H33FN6O5S/c1-4-44-30(42)25-24(35-27(28-34-12-15-45-28)36-26(25)22-6-5-7-23(33)19(22)2)16-37-13-14-39-31(43)38(18-32(39,3)17-37)21-10-8-20(9-11-21)29(40)41/h5-12,15,26H,4,13-14,16-18H2,1-3H3,(H,35,36)(H,40,41). The van der Waals surface area contributed by atoms with Crippen molar-refractivity contribution in [2.75, 3.05) is 44.2 Å². The number of nitrogens with one attached hydrogen (secondary N) is 1. The molecule has 0 radical (unpaired) electrons. The van der Waals surface area contributed by atoms with E-state index in [1.54, 1.807) is 49.2 Å². The summed E-state index contributed by atoms with van der Waals surface area (Å²) in [6, 6.07) is 10.1. The van der Waals surface area contributed by atoms with E-state index in [4.69, 9.17) is 9.73 Å². The van der Waals surface area contributed by atoms with Crippen LogP contribution in [0.2, 0.25) is 0 Å². The van der Waals surface area contributed by atoms with Gasteiger partial charge in [0.1, 0.15) is 11.9 Å². The number of carboxylic acid groups (broad SMARTS) is 1. The third-order valence-electron chi connectivity index (χ3n) is 8.48. The molecule has 11 nitrogen and oxygen atoms in total. The molecule has 3 aromatic rings. The first-order valence-corrected chi connectivity index (χ1v) is 15.5. The van der Waals surface area contributed by atoms with E-state index in [0.29, 0.717) is 71.7 Å². The minimum absolute atomic E-state index is 0.137. The highest BCUT2D eigenvalue weighted by Gasteiger charge is 2.50. The van der Waals surface area contributed by atoms with Crippen LogP contribution in [0.15, 0.2) is 70.3 Å². The number of halogens is 1. The quantitative estimate of drug-likeness (QED) is 0.354. The highest BCUT2D eigenvalue weighted by molar-refractivity contribution is 7.11. The van der Waals surface area contributed by atoms with E-state index < -0.39 is 23.5 Å². The van der Waals surface area contributed by atoms with Crippen LogP contribution in [0, 0.1) is 12.7 Å². The molecule has 3 aliphatic heterocycles. The summed E-state index contributed by atoms with van der Waals surface area (Å²) in [5.41, 5.74) is 2.09. The summed E-state index contributed by atoms with van der Waals surface area (Å²) in [6.45, 7) is 7.84. The maximum absolute atomic E-state index is 14.8. The van der Waals surface area contributed by atoms with E-state index in [0.717, 1.165) is 0 Å². The van der Waals surface area contributed by atoms with Crippen molar-refractivity contribution in [2.45, 2.75) is 32.4 Å². The molecule has 6 rings (SSSR count). The van der Waals surface area contributed by atoms with Crippen LogP contribution in [0.5, 0.6) is 0 Å². The number of rotatable bonds is 8. The topological polar surface area (TPSA) is 128 Å². The van der Waals surface area contributed by atoms with Crippen LogP contribution in [0.1, 0.15) is 46.4 Å². The van der Waals surface area contributed by atoms with Crippen molar-refractivity contribution in [2.24, 2.45) is 4.99 Å². The number of hydrogen-bond acceptors (Lipinski definition) is 9. The van der Waals surface area contributed by atoms with Crippen molar-refractivity contribution in [3.63, 3.8) is 0 Å². The molecule has 234 valence electrons. The summed E-state index contributed by atoms with van der Waals surface area (Å²) in [5.74, 6) is -1.47. The van der Waals surface area contributed by atoms with Crippen molar-refractivity contribution in [1.29, 1.82) is 0 Å². The second kappa shape index (κ2) is 12.1. The number of anilines is 1. The molecule has 13 heteroatoms. The normalized spacial score (nSPS) is 21.8. The first kappa shape index (κ1) is 30.4. The van der Waals surface area contributed by atoms with Gasteiger partial charge in [-0.1, -0.05) is 12.1 Å². The van der Waals surface area contributed by atoms with Crippen molar-refractivity contribution in [3.8, 4) is 0 Å². The molecule has 2 fully saturated rings. The second-order valence-electron chi connectivity index (χ2n) is 11.5. The molecule has 2 amide bonds. The van der Waals surface area contributed by atoms with Gasteiger partial charge in [0.15, 0.2) is 10.8 Å². The number of nitrogens with zero attached hydrogens (tertiary/aromatic N) is 5. The number of urea groups is 1. The fourth-order valence-corrected chi connectivity index (χ4v) is 6.87. The Balaban J connectivity index is 1.32. The third kappa shape index (κ3) is 5.69. The number of thiazole rings is 1. The van der Waals surface area contributed by atoms with E-state index >= 15 is 0 Å². The Morgan fingerprint density at radius 3 is 2.64 bits per heavy atom. The molecular formula is C32H33FN6O5S. The Morgan fingerprint density at radius 2 is 1.96 bits per heavy atom. The SMILES string of the molecule is CCOC(=O)C1=C(CN2CCN3C(=O)N(c4ccc(C(=O)O)cc4)CC3(C)C2)NC(c2nccs2)=NC1c1cccc(F)c1C. The number of benzene rings is 2. The first-order valence-electron chi connectivity index (χ1n) is 14.6. The zero-order chi connectivity index (χ0) is 31.9. The fraction of sp³-hybridized carbons (Fsp3) is 0.344. The third-order valence-corrected chi connectivity index (χ3v) is 9.26. The number of aromatic nitrogens is 1. The van der Waals surface area contributed by atoms with E-state index in [1.807, 2.05) is 17.2 Å². The van der Waals surface area contributed by atoms with Crippen molar-refractivity contribution in [1.82, 2.24) is 20.1 Å². The van der Waals surface area contributed by atoms with Gasteiger partial charge in [-0.05, 0) is 62.2 Å². The summed E-state index contributed by atoms with van der Waals surface area (Å²) in [4.78, 5) is 53.4. The highest BCUT2D eigenvalue weighted by atomic mass is 32.1. The molecule has 2 unspecified atom stereocenters. The van der Waals surface area contributed by atoms with Crippen LogP contribution >= 0.6 is 11.3 Å². The average Bonchev–Trinajstić information content (AvgIpc) is 3.64. The number of esters is 1. The van der Waals surface area contributed by atoms with Gasteiger partial charge in [-0.25, -0.2) is 23.8 Å². The highest BCUT2D eigenvalue weighted by Crippen LogP contribution is 2.37. The van der Waals surface area contributed by atoms with Gasteiger partial charge < -0.3 is 20.1 Å². The number of amidine groups is 1. The van der Waals surface area contributed by atoms with Gasteiger partial charge >= 0.3 is 18.0 Å². The van der Waals surface area contributed by atoms with Crippen LogP contribution in [0.4, 0.5) is 14.9 Å². The molecule has 2 aromatic carbocycles. The lowest BCUT2D eigenvalue weighted by molar-refractivity contribution is -0.139. The minimum Gasteiger partial charge on any atom is -0.478 e. The van der Waals surface area contributed by atoms with Gasteiger partial charge in [0.25, 0.3) is 0 Å². The molecule has 0 bridgehead atoms. The smallest absolute Gasteiger partial charge is 0.338 e. The first-order chi connectivity index (χ1) is 21.6. The lowest BCUT2D eigenvalue weighted by Crippen LogP contribution is -2.60. The Morgan fingerprint density at radius 1 is 1.18 bits per heavy atom. The van der Waals surface area contributed by atoms with Crippen molar-refractivity contribution in [3.05, 3.63) is 92.8 Å². The molecule has 2 atom stereocenters. The van der Waals surface area contributed by atoms with Crippen molar-refractivity contribution < 1.29 is 28.6 Å². The zero-order valence-electron chi connectivity index (χ0n) is 25.1. The van der Waals surface area contributed by atoms with Crippen LogP contribution in [-0.4, -0.2) is 88.6 Å². The Labute approximate surface area is 263 Å². The van der Waals surface area contributed by atoms with Crippen LogP contribution in [-0.2, 0) is 9.53 Å². The predicted molar refractivity (Wildman–Crippen MR) is 167 cm³/mol. The van der Waals surface area contributed by atoms with Crippen LogP contribution in [0.3, 0.4) is 0 Å². The van der Waals surface area contributed by atoms with Gasteiger partial charge in [0.2, 0.25) is 0 Å². The monoisotopic (exact) mass is 632 g/mol. The Bertz CT molecular complexity index is 1710. The number of carbonyl (C=O) groups is 3. The molecule has 0 saturated carbocycles. The zero-order valence-corrected chi connectivity index (χ0v) is 25.9. The number of aliphatic imine (C=N–C) groups is 1. The lowest BCUT2D eigenvalue weighted by Gasteiger charge is -2.44. The maximum atomic E-state index is 14.8. The second-order valence-corrected chi connectivity index (χ2v) is 12.4. The fourth-order valence-electron chi connectivity index (χ4n) is 6.28. The number of amides is 2. The van der Waals surface area contributed by atoms with E-state index in [2.05, 4.69) is 15.2 Å². The van der Waals surface area contributed by atoms with E-state index in [-0.39, 0.29) is 24.0 Å². The van der Waals surface area contributed by atoms with Gasteiger partial charge in [-0.3, -0.25) is 14.8 Å². The maximum Gasteiger partial charge on any atom is 0.338 e.